The molecular formula is C14H18ClN5S. The van der Waals surface area contributed by atoms with Gasteiger partial charge in [-0.25, -0.2) is 4.68 Å². The lowest BCUT2D eigenvalue weighted by Gasteiger charge is -2.11. The molecule has 112 valence electrons. The van der Waals surface area contributed by atoms with Crippen LogP contribution in [-0.2, 0) is 0 Å². The number of aromatic nitrogens is 4. The minimum atomic E-state index is 0.485. The van der Waals surface area contributed by atoms with Crippen LogP contribution in [0.3, 0.4) is 0 Å². The maximum absolute atomic E-state index is 6.11. The molecule has 0 amide bonds. The molecular weight excluding hydrogens is 306 g/mol. The number of thioether (sulfide) groups is 1. The van der Waals surface area contributed by atoms with Gasteiger partial charge in [0.15, 0.2) is 0 Å². The lowest BCUT2D eigenvalue weighted by Crippen LogP contribution is -2.10. The summed E-state index contributed by atoms with van der Waals surface area (Å²) in [5.74, 6) is 0.901. The summed E-state index contributed by atoms with van der Waals surface area (Å²) in [7, 11) is 0. The molecule has 1 fully saturated rings. The fourth-order valence-electron chi connectivity index (χ4n) is 2.59. The van der Waals surface area contributed by atoms with Gasteiger partial charge >= 0.3 is 0 Å². The monoisotopic (exact) mass is 323 g/mol. The molecule has 5 nitrogen and oxygen atoms in total. The summed E-state index contributed by atoms with van der Waals surface area (Å²) < 4.78 is 1.99. The number of hydrogen-bond donors (Lipinski definition) is 1. The third-order valence-electron chi connectivity index (χ3n) is 3.66. The van der Waals surface area contributed by atoms with E-state index in [0.717, 1.165) is 28.2 Å². The first kappa shape index (κ1) is 14.7. The maximum Gasteiger partial charge on any atom is 0.209 e. The van der Waals surface area contributed by atoms with E-state index in [9.17, 15) is 0 Å². The van der Waals surface area contributed by atoms with Crippen molar-refractivity contribution in [1.82, 2.24) is 20.2 Å². The Morgan fingerprint density at radius 1 is 1.29 bits per heavy atom. The number of tetrazole rings is 1. The summed E-state index contributed by atoms with van der Waals surface area (Å²) in [4.78, 5) is 0. The van der Waals surface area contributed by atoms with Crippen molar-refractivity contribution in [3.63, 3.8) is 0 Å². The Hall–Kier alpha value is -1.27. The summed E-state index contributed by atoms with van der Waals surface area (Å²) in [5.41, 5.74) is 0.968. The summed E-state index contributed by atoms with van der Waals surface area (Å²) in [5, 5.41) is 17.1. The fraction of sp³-hybridized carbons (Fsp3) is 0.500. The summed E-state index contributed by atoms with van der Waals surface area (Å²) in [6.45, 7) is 0.825. The number of nitrogens with one attached hydrogen (secondary N) is 1. The number of rotatable bonds is 6. The van der Waals surface area contributed by atoms with Crippen LogP contribution in [0.2, 0.25) is 5.02 Å². The second-order valence-electron chi connectivity index (χ2n) is 5.10. The molecule has 1 aliphatic rings. The molecule has 0 atom stereocenters. The molecule has 0 radical (unpaired) electrons. The molecule has 0 spiro atoms. The highest BCUT2D eigenvalue weighted by Crippen LogP contribution is 2.31. The van der Waals surface area contributed by atoms with E-state index in [1.54, 1.807) is 11.8 Å². The molecule has 1 aromatic heterocycles. The van der Waals surface area contributed by atoms with E-state index in [4.69, 9.17) is 11.6 Å². The van der Waals surface area contributed by atoms with Crippen molar-refractivity contribution in [3.05, 3.63) is 29.3 Å². The highest BCUT2D eigenvalue weighted by Gasteiger charge is 2.21. The third kappa shape index (κ3) is 3.68. The number of hydrogen-bond acceptors (Lipinski definition) is 5. The molecule has 21 heavy (non-hydrogen) atoms. The second-order valence-corrected chi connectivity index (χ2v) is 6.57. The Morgan fingerprint density at radius 2 is 2.10 bits per heavy atom. The van der Waals surface area contributed by atoms with Crippen molar-refractivity contribution in [1.29, 1.82) is 0 Å². The van der Waals surface area contributed by atoms with E-state index in [-0.39, 0.29) is 0 Å². The molecule has 1 N–H and O–H groups in total. The van der Waals surface area contributed by atoms with E-state index in [2.05, 4.69) is 20.8 Å². The Kier molecular flexibility index (Phi) is 4.98. The molecule has 0 unspecified atom stereocenters. The number of nitrogens with zero attached hydrogens (tertiary/aromatic N) is 4. The van der Waals surface area contributed by atoms with Crippen LogP contribution in [0.1, 0.15) is 31.7 Å². The van der Waals surface area contributed by atoms with Crippen LogP contribution < -0.4 is 5.32 Å². The number of halogens is 1. The van der Waals surface area contributed by atoms with Gasteiger partial charge in [0.2, 0.25) is 5.16 Å². The molecule has 0 bridgehead atoms. The highest BCUT2D eigenvalue weighted by molar-refractivity contribution is 7.99. The third-order valence-corrected chi connectivity index (χ3v) is 4.92. The molecule has 1 aliphatic carbocycles. The van der Waals surface area contributed by atoms with Crippen molar-refractivity contribution in [2.75, 3.05) is 17.6 Å². The van der Waals surface area contributed by atoms with Crippen LogP contribution in [0.15, 0.2) is 29.4 Å². The Balaban J connectivity index is 1.50. The van der Waals surface area contributed by atoms with Crippen LogP contribution in [-0.4, -0.2) is 32.5 Å². The summed E-state index contributed by atoms with van der Waals surface area (Å²) in [6, 6.07) is 8.26. The van der Waals surface area contributed by atoms with Gasteiger partial charge in [-0.3, -0.25) is 0 Å². The van der Waals surface area contributed by atoms with Gasteiger partial charge in [0.05, 0.1) is 16.8 Å². The van der Waals surface area contributed by atoms with Gasteiger partial charge in [0.1, 0.15) is 0 Å². The first-order chi connectivity index (χ1) is 10.3. The van der Waals surface area contributed by atoms with Gasteiger partial charge in [0.25, 0.3) is 0 Å². The van der Waals surface area contributed by atoms with Crippen molar-refractivity contribution in [2.24, 2.45) is 0 Å². The Labute approximate surface area is 133 Å². The lowest BCUT2D eigenvalue weighted by molar-refractivity contribution is 0.423. The predicted molar refractivity (Wildman–Crippen MR) is 86.0 cm³/mol. The number of para-hydroxylation sites is 1. The van der Waals surface area contributed by atoms with E-state index in [1.807, 2.05) is 28.9 Å². The zero-order chi connectivity index (χ0) is 14.5. The molecule has 1 saturated carbocycles. The molecule has 0 aliphatic heterocycles. The molecule has 1 aromatic carbocycles. The Bertz CT molecular complexity index is 582. The minimum absolute atomic E-state index is 0.485. The normalized spacial score (nSPS) is 15.5. The van der Waals surface area contributed by atoms with Crippen LogP contribution >= 0.6 is 23.4 Å². The highest BCUT2D eigenvalue weighted by atomic mass is 35.5. The quantitative estimate of drug-likeness (QED) is 0.649. The molecule has 2 aromatic rings. The van der Waals surface area contributed by atoms with Crippen LogP contribution in [0.5, 0.6) is 0 Å². The van der Waals surface area contributed by atoms with E-state index >= 15 is 0 Å². The SMILES string of the molecule is Clc1ccccc1NCCSc1nnnn1C1CCCC1. The molecule has 0 saturated heterocycles. The zero-order valence-corrected chi connectivity index (χ0v) is 13.3. The second kappa shape index (κ2) is 7.13. The predicted octanol–water partition coefficient (Wildman–Crippen LogP) is 3.65. The topological polar surface area (TPSA) is 55.6 Å². The molecule has 7 heteroatoms. The maximum atomic E-state index is 6.11. The number of benzene rings is 1. The van der Waals surface area contributed by atoms with Crippen molar-refractivity contribution in [3.8, 4) is 0 Å². The van der Waals surface area contributed by atoms with Gasteiger partial charge in [0, 0.05) is 12.3 Å². The van der Waals surface area contributed by atoms with Gasteiger partial charge in [-0.1, -0.05) is 48.3 Å². The minimum Gasteiger partial charge on any atom is -0.383 e. The first-order valence-electron chi connectivity index (χ1n) is 7.23. The fourth-order valence-corrected chi connectivity index (χ4v) is 3.59. The molecule has 3 rings (SSSR count). The van der Waals surface area contributed by atoms with Crippen molar-refractivity contribution < 1.29 is 0 Å². The Morgan fingerprint density at radius 3 is 2.90 bits per heavy atom. The van der Waals surface area contributed by atoms with Gasteiger partial charge in [-0.15, -0.1) is 5.10 Å². The van der Waals surface area contributed by atoms with Crippen molar-refractivity contribution >= 4 is 29.1 Å². The zero-order valence-electron chi connectivity index (χ0n) is 11.7. The smallest absolute Gasteiger partial charge is 0.209 e. The van der Waals surface area contributed by atoms with Gasteiger partial charge < -0.3 is 5.32 Å². The average molecular weight is 324 g/mol. The largest absolute Gasteiger partial charge is 0.383 e. The molecule has 1 heterocycles. The number of anilines is 1. The standard InChI is InChI=1S/C14H18ClN5S/c15-12-7-3-4-8-13(12)16-9-10-21-14-17-18-19-20(14)11-5-1-2-6-11/h3-4,7-8,11,16H,1-2,5-6,9-10H2. The summed E-state index contributed by atoms with van der Waals surface area (Å²) >= 11 is 7.80. The van der Waals surface area contributed by atoms with Gasteiger partial charge in [-0.2, -0.15) is 0 Å². The van der Waals surface area contributed by atoms with Crippen LogP contribution in [0.4, 0.5) is 5.69 Å². The van der Waals surface area contributed by atoms with Crippen LogP contribution in [0.25, 0.3) is 0 Å². The first-order valence-corrected chi connectivity index (χ1v) is 8.60. The van der Waals surface area contributed by atoms with Gasteiger partial charge in [-0.05, 0) is 35.4 Å². The van der Waals surface area contributed by atoms with E-state index in [0.29, 0.717) is 6.04 Å². The van der Waals surface area contributed by atoms with E-state index in [1.165, 1.54) is 25.7 Å². The summed E-state index contributed by atoms with van der Waals surface area (Å²) in [6.07, 6.45) is 4.94. The van der Waals surface area contributed by atoms with E-state index < -0.39 is 0 Å². The average Bonchev–Trinajstić information content (AvgIpc) is 3.16. The lowest BCUT2D eigenvalue weighted by atomic mass is 10.3. The van der Waals surface area contributed by atoms with Crippen molar-refractivity contribution in [2.45, 2.75) is 36.9 Å². The van der Waals surface area contributed by atoms with Crippen LogP contribution in [0, 0.1) is 0 Å².